The molecule has 0 radical (unpaired) electrons. The molecule has 7 nitrogen and oxygen atoms in total. The van der Waals surface area contributed by atoms with E-state index in [4.69, 9.17) is 19.3 Å². The predicted octanol–water partition coefficient (Wildman–Crippen LogP) is 3.12. The molecule has 0 saturated carbocycles. The number of nitriles is 1. The number of rotatable bonds is 1. The second-order valence-corrected chi connectivity index (χ2v) is 6.56. The number of ether oxygens (including phenoxy) is 1. The van der Waals surface area contributed by atoms with Crippen molar-refractivity contribution in [2.24, 2.45) is 5.73 Å². The number of nitrogens with zero attached hydrogens (tertiary/aromatic N) is 1. The molecule has 0 bridgehead atoms. The molecule has 140 valence electrons. The van der Waals surface area contributed by atoms with Crippen LogP contribution in [0.1, 0.15) is 17.2 Å². The molecule has 5 rings (SSSR count). The van der Waals surface area contributed by atoms with Crippen molar-refractivity contribution < 1.29 is 13.6 Å². The Bertz CT molecular complexity index is 1500. The van der Waals surface area contributed by atoms with Crippen molar-refractivity contribution in [2.75, 3.05) is 0 Å². The highest BCUT2D eigenvalue weighted by atomic mass is 16.5. The smallest absolute Gasteiger partial charge is 0.344 e. The zero-order valence-corrected chi connectivity index (χ0v) is 14.8. The van der Waals surface area contributed by atoms with Gasteiger partial charge in [-0.15, -0.1) is 0 Å². The summed E-state index contributed by atoms with van der Waals surface area (Å²) in [7, 11) is 0. The van der Waals surface area contributed by atoms with Crippen LogP contribution < -0.4 is 21.5 Å². The Labute approximate surface area is 162 Å². The van der Waals surface area contributed by atoms with Gasteiger partial charge in [-0.1, -0.05) is 24.3 Å². The van der Waals surface area contributed by atoms with E-state index in [0.29, 0.717) is 21.9 Å². The molecule has 7 heteroatoms. The van der Waals surface area contributed by atoms with Crippen LogP contribution >= 0.6 is 0 Å². The van der Waals surface area contributed by atoms with E-state index in [2.05, 4.69) is 0 Å². The van der Waals surface area contributed by atoms with E-state index in [-0.39, 0.29) is 34.0 Å². The molecule has 2 aromatic carbocycles. The molecule has 4 aromatic rings. The Morgan fingerprint density at radius 1 is 0.931 bits per heavy atom. The third kappa shape index (κ3) is 2.43. The lowest BCUT2D eigenvalue weighted by atomic mass is 9.87. The van der Waals surface area contributed by atoms with Crippen molar-refractivity contribution >= 4 is 21.9 Å². The van der Waals surface area contributed by atoms with E-state index < -0.39 is 11.5 Å². The molecule has 3 heterocycles. The summed E-state index contributed by atoms with van der Waals surface area (Å²) < 4.78 is 17.0. The number of hydrogen-bond donors (Lipinski definition) is 1. The van der Waals surface area contributed by atoms with Crippen LogP contribution in [0.5, 0.6) is 5.75 Å². The predicted molar refractivity (Wildman–Crippen MR) is 104 cm³/mol. The molecule has 29 heavy (non-hydrogen) atoms. The van der Waals surface area contributed by atoms with E-state index >= 15 is 0 Å². The summed E-state index contributed by atoms with van der Waals surface area (Å²) in [4.78, 5) is 25.4. The van der Waals surface area contributed by atoms with Gasteiger partial charge in [0, 0.05) is 6.07 Å². The Morgan fingerprint density at radius 3 is 2.31 bits per heavy atom. The number of para-hydroxylation sites is 2. The zero-order valence-electron chi connectivity index (χ0n) is 14.8. The molecule has 0 fully saturated rings. The van der Waals surface area contributed by atoms with Crippen molar-refractivity contribution in [1.29, 1.82) is 5.26 Å². The first-order chi connectivity index (χ1) is 14.1. The van der Waals surface area contributed by atoms with Crippen LogP contribution in [0.15, 0.2) is 84.5 Å². The minimum Gasteiger partial charge on any atom is -0.460 e. The average Bonchev–Trinajstić information content (AvgIpc) is 2.73. The van der Waals surface area contributed by atoms with Crippen molar-refractivity contribution in [3.8, 4) is 11.8 Å². The van der Waals surface area contributed by atoms with Gasteiger partial charge in [-0.3, -0.25) is 4.79 Å². The fourth-order valence-electron chi connectivity index (χ4n) is 3.62. The molecule has 0 saturated heterocycles. The molecule has 2 aromatic heterocycles. The summed E-state index contributed by atoms with van der Waals surface area (Å²) in [6, 6.07) is 16.8. The Balaban J connectivity index is 1.88. The normalized spacial score (nSPS) is 15.8. The minimum atomic E-state index is -1.03. The molecule has 1 aliphatic heterocycles. The third-order valence-corrected chi connectivity index (χ3v) is 4.91. The number of fused-ring (bicyclic) bond motifs is 4. The van der Waals surface area contributed by atoms with E-state index in [1.807, 2.05) is 6.07 Å². The van der Waals surface area contributed by atoms with E-state index in [1.165, 1.54) is 6.07 Å². The molecule has 1 unspecified atom stereocenters. The van der Waals surface area contributed by atoms with Crippen molar-refractivity contribution in [3.05, 3.63) is 98.0 Å². The number of benzene rings is 2. The Hall–Kier alpha value is -4.31. The molecule has 2 N–H and O–H groups in total. The van der Waals surface area contributed by atoms with Gasteiger partial charge in [0.25, 0.3) is 0 Å². The first kappa shape index (κ1) is 16.8. The highest BCUT2D eigenvalue weighted by molar-refractivity contribution is 5.86. The van der Waals surface area contributed by atoms with Gasteiger partial charge in [0.15, 0.2) is 11.2 Å². The minimum absolute atomic E-state index is 0.0292. The summed E-state index contributed by atoms with van der Waals surface area (Å²) in [5.41, 5.74) is 5.71. The van der Waals surface area contributed by atoms with Gasteiger partial charge in [-0.05, 0) is 24.3 Å². The van der Waals surface area contributed by atoms with Crippen LogP contribution in [0.3, 0.4) is 0 Å². The molecular weight excluding hydrogens is 372 g/mol. The lowest BCUT2D eigenvalue weighted by molar-refractivity contribution is 0.379. The summed E-state index contributed by atoms with van der Waals surface area (Å²) >= 11 is 0. The van der Waals surface area contributed by atoms with Crippen LogP contribution in [0.25, 0.3) is 21.9 Å². The van der Waals surface area contributed by atoms with Gasteiger partial charge in [0.2, 0.25) is 5.88 Å². The second-order valence-electron chi connectivity index (χ2n) is 6.56. The maximum absolute atomic E-state index is 12.8. The molecule has 0 aliphatic carbocycles. The first-order valence-corrected chi connectivity index (χ1v) is 8.74. The quantitative estimate of drug-likeness (QED) is 0.501. The summed E-state index contributed by atoms with van der Waals surface area (Å²) in [6.45, 7) is 0. The van der Waals surface area contributed by atoms with Gasteiger partial charge >= 0.3 is 5.63 Å². The largest absolute Gasteiger partial charge is 0.460 e. The van der Waals surface area contributed by atoms with Gasteiger partial charge in [0.1, 0.15) is 28.6 Å². The summed E-state index contributed by atoms with van der Waals surface area (Å²) in [6.07, 6.45) is 0. The Morgan fingerprint density at radius 2 is 1.59 bits per heavy atom. The highest BCUT2D eigenvalue weighted by Crippen LogP contribution is 2.43. The van der Waals surface area contributed by atoms with E-state index in [0.717, 1.165) is 0 Å². The van der Waals surface area contributed by atoms with Crippen molar-refractivity contribution in [1.82, 2.24) is 0 Å². The lowest BCUT2D eigenvalue weighted by Gasteiger charge is -2.25. The molecule has 1 aliphatic rings. The van der Waals surface area contributed by atoms with Crippen LogP contribution in [0.2, 0.25) is 0 Å². The maximum Gasteiger partial charge on any atom is 0.344 e. The van der Waals surface area contributed by atoms with Crippen molar-refractivity contribution in [3.63, 3.8) is 0 Å². The number of hydrogen-bond acceptors (Lipinski definition) is 7. The first-order valence-electron chi connectivity index (χ1n) is 8.74. The summed E-state index contributed by atoms with van der Waals surface area (Å²) in [5.74, 6) is -0.882. The average molecular weight is 384 g/mol. The number of nitrogens with two attached hydrogens (primary N) is 1. The van der Waals surface area contributed by atoms with Gasteiger partial charge in [0.05, 0.1) is 22.3 Å². The molecule has 0 spiro atoms. The van der Waals surface area contributed by atoms with E-state index in [9.17, 15) is 14.9 Å². The Kier molecular flexibility index (Phi) is 3.54. The van der Waals surface area contributed by atoms with Crippen LogP contribution in [-0.4, -0.2) is 0 Å². The highest BCUT2D eigenvalue weighted by Gasteiger charge is 2.37. The van der Waals surface area contributed by atoms with Gasteiger partial charge < -0.3 is 19.3 Å². The fourth-order valence-corrected chi connectivity index (χ4v) is 3.62. The topological polar surface area (TPSA) is 119 Å². The summed E-state index contributed by atoms with van der Waals surface area (Å²) in [5, 5.41) is 10.6. The lowest BCUT2D eigenvalue weighted by Crippen LogP contribution is -2.26. The third-order valence-electron chi connectivity index (χ3n) is 4.91. The fraction of sp³-hybridized carbons (Fsp3) is 0.0455. The van der Waals surface area contributed by atoms with Gasteiger partial charge in [-0.2, -0.15) is 5.26 Å². The van der Waals surface area contributed by atoms with Gasteiger partial charge in [-0.25, -0.2) is 4.79 Å². The van der Waals surface area contributed by atoms with Crippen molar-refractivity contribution in [2.45, 2.75) is 5.92 Å². The van der Waals surface area contributed by atoms with Crippen LogP contribution in [0.4, 0.5) is 0 Å². The van der Waals surface area contributed by atoms with E-state index in [1.54, 1.807) is 48.5 Å². The standard InChI is InChI=1S/C22H12N2O5/c23-10-13-18(17-9-14(25)11-5-1-3-7-15(11)27-17)19-20(29-21(13)24)12-6-2-4-8-16(12)28-22(19)26/h1-9,18H,24H2. The second kappa shape index (κ2) is 6.11. The molecule has 1 atom stereocenters. The monoisotopic (exact) mass is 384 g/mol. The van der Waals surface area contributed by atoms with Crippen LogP contribution in [0, 0.1) is 11.3 Å². The zero-order chi connectivity index (χ0) is 20.1. The van der Waals surface area contributed by atoms with Crippen LogP contribution in [-0.2, 0) is 0 Å². The maximum atomic E-state index is 12.8. The SMILES string of the molecule is N#CC1=C(N)Oc2c(c(=O)oc3ccccc23)C1c1cc(=O)c2ccccc2o1. The number of allylic oxidation sites excluding steroid dienone is 1. The molecular formula is C22H12N2O5. The molecule has 0 amide bonds.